The average molecular weight is 299 g/mol. The number of thioether (sulfide) groups is 1. The fraction of sp³-hybridized carbons (Fsp3) is 0.278. The van der Waals surface area contributed by atoms with Crippen LogP contribution >= 0.6 is 11.8 Å². The molecule has 1 N–H and O–H groups in total. The molecule has 0 bridgehead atoms. The molecule has 0 saturated heterocycles. The summed E-state index contributed by atoms with van der Waals surface area (Å²) < 4.78 is 0. The molecule has 110 valence electrons. The van der Waals surface area contributed by atoms with Gasteiger partial charge in [0, 0.05) is 11.4 Å². The molecule has 0 spiro atoms. The summed E-state index contributed by atoms with van der Waals surface area (Å²) >= 11 is 1.60. The monoisotopic (exact) mass is 299 g/mol. The van der Waals surface area contributed by atoms with Gasteiger partial charge in [0.15, 0.2) is 0 Å². The van der Waals surface area contributed by atoms with Crippen LogP contribution in [0.2, 0.25) is 0 Å². The average Bonchev–Trinajstić information content (AvgIpc) is 2.53. The summed E-state index contributed by atoms with van der Waals surface area (Å²) in [7, 11) is 0. The molecule has 2 aromatic carbocycles. The number of hydrogen-bond donors (Lipinski definition) is 1. The van der Waals surface area contributed by atoms with Crippen LogP contribution < -0.4 is 5.32 Å². The highest BCUT2D eigenvalue weighted by Crippen LogP contribution is 2.19. The first-order valence-electron chi connectivity index (χ1n) is 7.17. The van der Waals surface area contributed by atoms with E-state index in [1.165, 1.54) is 11.1 Å². The van der Waals surface area contributed by atoms with Gasteiger partial charge in [0.2, 0.25) is 0 Å². The third-order valence-corrected chi connectivity index (χ3v) is 4.20. The Kier molecular flexibility index (Phi) is 5.88. The maximum Gasteiger partial charge on any atom is 0.252 e. The van der Waals surface area contributed by atoms with Gasteiger partial charge in [-0.05, 0) is 43.7 Å². The molecule has 0 atom stereocenters. The van der Waals surface area contributed by atoms with Gasteiger partial charge in [-0.3, -0.25) is 4.79 Å². The smallest absolute Gasteiger partial charge is 0.252 e. The summed E-state index contributed by atoms with van der Waals surface area (Å²) in [6, 6.07) is 16.3. The van der Waals surface area contributed by atoms with Crippen molar-refractivity contribution in [3.8, 4) is 0 Å². The lowest BCUT2D eigenvalue weighted by atomic mass is 10.1. The molecule has 1 amide bonds. The van der Waals surface area contributed by atoms with Gasteiger partial charge in [-0.25, -0.2) is 0 Å². The van der Waals surface area contributed by atoms with E-state index >= 15 is 0 Å². The van der Waals surface area contributed by atoms with Crippen LogP contribution in [0.15, 0.2) is 53.4 Å². The van der Waals surface area contributed by atoms with Crippen molar-refractivity contribution in [1.29, 1.82) is 0 Å². The number of nitrogens with one attached hydrogen (secondary N) is 1. The Balaban J connectivity index is 1.80. The molecule has 0 aliphatic carbocycles. The van der Waals surface area contributed by atoms with Crippen molar-refractivity contribution in [2.45, 2.75) is 24.7 Å². The van der Waals surface area contributed by atoms with Crippen molar-refractivity contribution in [3.63, 3.8) is 0 Å². The minimum Gasteiger partial charge on any atom is -0.352 e. The Hall–Kier alpha value is -1.74. The lowest BCUT2D eigenvalue weighted by Gasteiger charge is -2.08. The molecule has 2 nitrogen and oxygen atoms in total. The Labute approximate surface area is 131 Å². The maximum absolute atomic E-state index is 12.2. The first-order valence-corrected chi connectivity index (χ1v) is 8.40. The van der Waals surface area contributed by atoms with Crippen LogP contribution in [-0.4, -0.2) is 18.7 Å². The third-order valence-electron chi connectivity index (χ3n) is 3.40. The van der Waals surface area contributed by atoms with Gasteiger partial charge in [-0.1, -0.05) is 42.0 Å². The van der Waals surface area contributed by atoms with Gasteiger partial charge in [-0.15, -0.1) is 11.8 Å². The molecule has 2 aromatic rings. The van der Waals surface area contributed by atoms with Gasteiger partial charge in [0.1, 0.15) is 0 Å². The second-order valence-electron chi connectivity index (χ2n) is 5.05. The second-order valence-corrected chi connectivity index (χ2v) is 5.89. The lowest BCUT2D eigenvalue weighted by Crippen LogP contribution is -2.25. The molecular formula is C18H21NOS. The fourth-order valence-corrected chi connectivity index (χ4v) is 2.77. The number of benzene rings is 2. The van der Waals surface area contributed by atoms with Crippen LogP contribution in [0.25, 0.3) is 0 Å². The first-order chi connectivity index (χ1) is 10.2. The zero-order chi connectivity index (χ0) is 15.1. The molecule has 21 heavy (non-hydrogen) atoms. The highest BCUT2D eigenvalue weighted by Gasteiger charge is 2.09. The SMILES string of the molecule is CSc1ccccc1C(=O)NCCCc1ccc(C)cc1. The summed E-state index contributed by atoms with van der Waals surface area (Å²) in [5.74, 6) is 0.0175. The highest BCUT2D eigenvalue weighted by molar-refractivity contribution is 7.98. The Morgan fingerprint density at radius 2 is 1.81 bits per heavy atom. The van der Waals surface area contributed by atoms with Crippen LogP contribution in [0.3, 0.4) is 0 Å². The molecule has 2 rings (SSSR count). The normalized spacial score (nSPS) is 10.4. The predicted octanol–water partition coefficient (Wildman–Crippen LogP) is 4.08. The zero-order valence-electron chi connectivity index (χ0n) is 12.6. The van der Waals surface area contributed by atoms with Gasteiger partial charge in [0.05, 0.1) is 5.56 Å². The van der Waals surface area contributed by atoms with Crippen molar-refractivity contribution in [2.75, 3.05) is 12.8 Å². The molecule has 0 heterocycles. The standard InChI is InChI=1S/C18H21NOS/c1-14-9-11-15(12-10-14)6-5-13-19-18(20)16-7-3-4-8-17(16)21-2/h3-4,7-12H,5-6,13H2,1-2H3,(H,19,20). The van der Waals surface area contributed by atoms with E-state index in [1.54, 1.807) is 11.8 Å². The molecule has 3 heteroatoms. The number of rotatable bonds is 6. The van der Waals surface area contributed by atoms with Crippen molar-refractivity contribution < 1.29 is 4.79 Å². The second kappa shape index (κ2) is 7.89. The summed E-state index contributed by atoms with van der Waals surface area (Å²) in [6.07, 6.45) is 3.93. The minimum absolute atomic E-state index is 0.0175. The van der Waals surface area contributed by atoms with Crippen LogP contribution in [0.1, 0.15) is 27.9 Å². The summed E-state index contributed by atoms with van der Waals surface area (Å²) in [6.45, 7) is 2.79. The number of aryl methyl sites for hydroxylation is 2. The summed E-state index contributed by atoms with van der Waals surface area (Å²) in [5.41, 5.74) is 3.36. The largest absolute Gasteiger partial charge is 0.352 e. The van der Waals surface area contributed by atoms with Gasteiger partial charge >= 0.3 is 0 Å². The Bertz CT molecular complexity index is 592. The van der Waals surface area contributed by atoms with E-state index in [2.05, 4.69) is 36.5 Å². The van der Waals surface area contributed by atoms with E-state index < -0.39 is 0 Å². The number of carbonyl (C=O) groups is 1. The molecule has 0 aliphatic heterocycles. The predicted molar refractivity (Wildman–Crippen MR) is 90.1 cm³/mol. The first kappa shape index (κ1) is 15.6. The molecule has 0 aromatic heterocycles. The van der Waals surface area contributed by atoms with E-state index in [0.717, 1.165) is 23.3 Å². The van der Waals surface area contributed by atoms with E-state index in [4.69, 9.17) is 0 Å². The molecule has 0 saturated carbocycles. The molecule has 0 aliphatic rings. The fourth-order valence-electron chi connectivity index (χ4n) is 2.18. The molecule has 0 fully saturated rings. The quantitative estimate of drug-likeness (QED) is 0.643. The van der Waals surface area contributed by atoms with E-state index in [-0.39, 0.29) is 5.91 Å². The number of carbonyl (C=O) groups excluding carboxylic acids is 1. The van der Waals surface area contributed by atoms with Crippen molar-refractivity contribution in [3.05, 3.63) is 65.2 Å². The van der Waals surface area contributed by atoms with Gasteiger partial charge < -0.3 is 5.32 Å². The molecule has 0 radical (unpaired) electrons. The maximum atomic E-state index is 12.2. The minimum atomic E-state index is 0.0175. The van der Waals surface area contributed by atoms with E-state index in [1.807, 2.05) is 30.5 Å². The van der Waals surface area contributed by atoms with E-state index in [9.17, 15) is 4.79 Å². The third kappa shape index (κ3) is 4.64. The summed E-state index contributed by atoms with van der Waals surface area (Å²) in [4.78, 5) is 13.2. The van der Waals surface area contributed by atoms with Crippen LogP contribution in [0.4, 0.5) is 0 Å². The van der Waals surface area contributed by atoms with Gasteiger partial charge in [0.25, 0.3) is 5.91 Å². The Morgan fingerprint density at radius 3 is 2.52 bits per heavy atom. The van der Waals surface area contributed by atoms with Gasteiger partial charge in [-0.2, -0.15) is 0 Å². The number of amides is 1. The zero-order valence-corrected chi connectivity index (χ0v) is 13.4. The van der Waals surface area contributed by atoms with Crippen molar-refractivity contribution >= 4 is 17.7 Å². The van der Waals surface area contributed by atoms with Crippen molar-refractivity contribution in [2.24, 2.45) is 0 Å². The highest BCUT2D eigenvalue weighted by atomic mass is 32.2. The van der Waals surface area contributed by atoms with E-state index in [0.29, 0.717) is 6.54 Å². The molecule has 0 unspecified atom stereocenters. The van der Waals surface area contributed by atoms with Crippen LogP contribution in [-0.2, 0) is 6.42 Å². The van der Waals surface area contributed by atoms with Crippen LogP contribution in [0.5, 0.6) is 0 Å². The van der Waals surface area contributed by atoms with Crippen LogP contribution in [0, 0.1) is 6.92 Å². The molecular weight excluding hydrogens is 278 g/mol. The summed E-state index contributed by atoms with van der Waals surface area (Å²) in [5, 5.41) is 3.00. The lowest BCUT2D eigenvalue weighted by molar-refractivity contribution is 0.0950. The topological polar surface area (TPSA) is 29.1 Å². The van der Waals surface area contributed by atoms with Crippen molar-refractivity contribution in [1.82, 2.24) is 5.32 Å². The number of hydrogen-bond acceptors (Lipinski definition) is 2. The Morgan fingerprint density at radius 1 is 1.10 bits per heavy atom.